The van der Waals surface area contributed by atoms with Crippen molar-refractivity contribution in [3.63, 3.8) is 0 Å². The fourth-order valence-corrected chi connectivity index (χ4v) is 2.00. The molecule has 0 saturated carbocycles. The highest BCUT2D eigenvalue weighted by molar-refractivity contribution is 5.75. The molecule has 0 spiro atoms. The second kappa shape index (κ2) is 12.5. The normalized spacial score (nSPS) is 14.6. The van der Waals surface area contributed by atoms with Gasteiger partial charge in [-0.25, -0.2) is 0 Å². The monoisotopic (exact) mass is 298 g/mol. The van der Waals surface area contributed by atoms with E-state index in [4.69, 9.17) is 10.8 Å². The zero-order chi connectivity index (χ0) is 16.1. The van der Waals surface area contributed by atoms with Gasteiger partial charge in [0, 0.05) is 25.6 Å². The van der Waals surface area contributed by atoms with E-state index in [2.05, 4.69) is 12.2 Å². The minimum absolute atomic E-state index is 0.0206. The second-order valence-corrected chi connectivity index (χ2v) is 5.72. The fraction of sp³-hybridized carbons (Fsp3) is 0.750. The van der Waals surface area contributed by atoms with Gasteiger partial charge in [-0.15, -0.1) is 0 Å². The number of nitrogens with two attached hydrogens (primary N) is 1. The molecule has 1 amide bonds. The van der Waals surface area contributed by atoms with E-state index in [0.717, 1.165) is 37.5 Å². The summed E-state index contributed by atoms with van der Waals surface area (Å²) >= 11 is 0. The molecule has 0 rings (SSSR count). The maximum Gasteiger partial charge on any atom is 0.220 e. The molecule has 0 aliphatic heterocycles. The minimum atomic E-state index is -0.175. The molecule has 0 aliphatic carbocycles. The van der Waals surface area contributed by atoms with E-state index in [1.165, 1.54) is 0 Å². The van der Waals surface area contributed by atoms with Crippen molar-refractivity contribution in [2.45, 2.75) is 58.4 Å². The van der Waals surface area contributed by atoms with E-state index in [1.54, 1.807) is 0 Å². The van der Waals surface area contributed by atoms with Crippen LogP contribution in [-0.4, -0.2) is 36.5 Å². The fourth-order valence-electron chi connectivity index (χ4n) is 2.00. The molecule has 0 fully saturated rings. The van der Waals surface area contributed by atoms with Crippen LogP contribution < -0.4 is 11.1 Å². The van der Waals surface area contributed by atoms with Gasteiger partial charge in [-0.3, -0.25) is 9.59 Å². The zero-order valence-corrected chi connectivity index (χ0v) is 13.3. The molecule has 0 aromatic rings. The number of carbonyl (C=O) groups is 2. The molecule has 2 atom stereocenters. The van der Waals surface area contributed by atoms with Crippen LogP contribution in [0.25, 0.3) is 0 Å². The molecular formula is C16H30N2O3. The van der Waals surface area contributed by atoms with Gasteiger partial charge in [0.2, 0.25) is 5.91 Å². The molecule has 5 nitrogen and oxygen atoms in total. The Kier molecular flexibility index (Phi) is 11.8. The van der Waals surface area contributed by atoms with Crippen molar-refractivity contribution in [3.05, 3.63) is 11.6 Å². The van der Waals surface area contributed by atoms with Crippen LogP contribution in [-0.2, 0) is 9.59 Å². The van der Waals surface area contributed by atoms with E-state index in [9.17, 15) is 9.59 Å². The summed E-state index contributed by atoms with van der Waals surface area (Å²) < 4.78 is 0. The number of aliphatic hydroxyl groups excluding tert-OH is 1. The Morgan fingerprint density at radius 1 is 1.33 bits per heavy atom. The predicted octanol–water partition coefficient (Wildman–Crippen LogP) is 1.54. The summed E-state index contributed by atoms with van der Waals surface area (Å²) in [6.45, 7) is 4.44. The first-order valence-corrected chi connectivity index (χ1v) is 7.74. The lowest BCUT2D eigenvalue weighted by molar-refractivity contribution is -0.121. The lowest BCUT2D eigenvalue weighted by Gasteiger charge is -2.12. The number of hydrogen-bond acceptors (Lipinski definition) is 4. The number of amides is 1. The number of allylic oxidation sites excluding steroid dienone is 2. The Hall–Kier alpha value is -1.20. The molecule has 0 bridgehead atoms. The zero-order valence-electron chi connectivity index (χ0n) is 13.3. The average Bonchev–Trinajstić information content (AvgIpc) is 2.45. The summed E-state index contributed by atoms with van der Waals surface area (Å²) in [6, 6.07) is -0.175. The van der Waals surface area contributed by atoms with Crippen LogP contribution in [0, 0.1) is 5.92 Å². The van der Waals surface area contributed by atoms with E-state index in [-0.39, 0.29) is 18.6 Å². The number of aldehydes is 1. The van der Waals surface area contributed by atoms with E-state index >= 15 is 0 Å². The van der Waals surface area contributed by atoms with Crippen LogP contribution in [0.5, 0.6) is 0 Å². The number of nitrogens with one attached hydrogen (secondary N) is 1. The summed E-state index contributed by atoms with van der Waals surface area (Å²) in [6.07, 6.45) is 7.66. The van der Waals surface area contributed by atoms with Gasteiger partial charge >= 0.3 is 0 Å². The van der Waals surface area contributed by atoms with E-state index < -0.39 is 0 Å². The molecule has 0 radical (unpaired) electrons. The van der Waals surface area contributed by atoms with Crippen LogP contribution in [0.15, 0.2) is 11.6 Å². The molecule has 0 aliphatic rings. The van der Waals surface area contributed by atoms with Gasteiger partial charge in [-0.2, -0.15) is 0 Å². The highest BCUT2D eigenvalue weighted by atomic mass is 16.3. The highest BCUT2D eigenvalue weighted by Gasteiger charge is 2.07. The van der Waals surface area contributed by atoms with Crippen LogP contribution in [0.4, 0.5) is 0 Å². The number of carbonyl (C=O) groups excluding carboxylic acids is 2. The number of hydrogen-bond donors (Lipinski definition) is 3. The summed E-state index contributed by atoms with van der Waals surface area (Å²) in [5, 5.41) is 11.5. The van der Waals surface area contributed by atoms with Gasteiger partial charge in [0.25, 0.3) is 0 Å². The van der Waals surface area contributed by atoms with Gasteiger partial charge in [0.1, 0.15) is 6.29 Å². The molecule has 4 N–H and O–H groups in total. The van der Waals surface area contributed by atoms with Crippen LogP contribution in [0.2, 0.25) is 0 Å². The third-order valence-corrected chi connectivity index (χ3v) is 3.47. The molecule has 0 aromatic carbocycles. The van der Waals surface area contributed by atoms with Crippen LogP contribution in [0.1, 0.15) is 52.4 Å². The summed E-state index contributed by atoms with van der Waals surface area (Å²) in [5.74, 6) is 0.567. The maximum atomic E-state index is 11.6. The van der Waals surface area contributed by atoms with Crippen molar-refractivity contribution in [2.24, 2.45) is 11.7 Å². The Morgan fingerprint density at radius 2 is 2.05 bits per heavy atom. The average molecular weight is 298 g/mol. The Bertz CT molecular complexity index is 329. The Balaban J connectivity index is 3.64. The predicted molar refractivity (Wildman–Crippen MR) is 84.8 cm³/mol. The van der Waals surface area contributed by atoms with Crippen molar-refractivity contribution in [1.82, 2.24) is 5.32 Å². The molecule has 5 heteroatoms. The lowest BCUT2D eigenvalue weighted by Crippen LogP contribution is -2.37. The number of aliphatic hydroxyl groups is 1. The van der Waals surface area contributed by atoms with E-state index in [1.807, 2.05) is 13.0 Å². The number of rotatable bonds is 12. The molecular weight excluding hydrogens is 268 g/mol. The first-order valence-electron chi connectivity index (χ1n) is 7.74. The third kappa shape index (κ3) is 12.3. The van der Waals surface area contributed by atoms with Gasteiger partial charge in [0.05, 0.1) is 0 Å². The lowest BCUT2D eigenvalue weighted by atomic mass is 9.98. The van der Waals surface area contributed by atoms with Crippen molar-refractivity contribution in [3.8, 4) is 0 Å². The van der Waals surface area contributed by atoms with Crippen molar-refractivity contribution in [2.75, 3.05) is 13.2 Å². The van der Waals surface area contributed by atoms with Crippen molar-refractivity contribution in [1.29, 1.82) is 0 Å². The molecule has 0 saturated heterocycles. The molecule has 122 valence electrons. The highest BCUT2D eigenvalue weighted by Crippen LogP contribution is 2.14. The second-order valence-electron chi connectivity index (χ2n) is 5.72. The van der Waals surface area contributed by atoms with Gasteiger partial charge in [0.15, 0.2) is 0 Å². The van der Waals surface area contributed by atoms with Crippen LogP contribution >= 0.6 is 0 Å². The standard InChI is InChI=1S/C16H30N2O3/c1-13(5-3-7-14(2)12-20)6-4-8-16(21)18-11-15(17)9-10-19/h7,12-13,15,19H,3-6,8-11,17H2,1-2H3,(H,18,21)/b14-7+/t13?,15-/m1/s1. The van der Waals surface area contributed by atoms with Crippen molar-refractivity contribution < 1.29 is 14.7 Å². The van der Waals surface area contributed by atoms with Gasteiger partial charge in [-0.1, -0.05) is 19.4 Å². The third-order valence-electron chi connectivity index (χ3n) is 3.47. The summed E-state index contributed by atoms with van der Waals surface area (Å²) in [5.41, 5.74) is 6.47. The first kappa shape index (κ1) is 19.8. The summed E-state index contributed by atoms with van der Waals surface area (Å²) in [7, 11) is 0. The molecule has 1 unspecified atom stereocenters. The maximum absolute atomic E-state index is 11.6. The minimum Gasteiger partial charge on any atom is -0.396 e. The molecule has 0 aromatic heterocycles. The Morgan fingerprint density at radius 3 is 2.67 bits per heavy atom. The Labute approximate surface area is 128 Å². The first-order chi connectivity index (χ1) is 9.99. The largest absolute Gasteiger partial charge is 0.396 e. The SMILES string of the molecule is C/C(C=O)=C\CCC(C)CCCC(=O)NC[C@H](N)CCO. The van der Waals surface area contributed by atoms with Crippen LogP contribution in [0.3, 0.4) is 0 Å². The summed E-state index contributed by atoms with van der Waals surface area (Å²) in [4.78, 5) is 22.0. The molecule has 0 heterocycles. The smallest absolute Gasteiger partial charge is 0.220 e. The van der Waals surface area contributed by atoms with Gasteiger partial charge < -0.3 is 16.2 Å². The molecule has 21 heavy (non-hydrogen) atoms. The quantitative estimate of drug-likeness (QED) is 0.376. The van der Waals surface area contributed by atoms with Crippen molar-refractivity contribution >= 4 is 12.2 Å². The van der Waals surface area contributed by atoms with Gasteiger partial charge in [-0.05, 0) is 44.1 Å². The van der Waals surface area contributed by atoms with E-state index in [0.29, 0.717) is 25.3 Å². The topological polar surface area (TPSA) is 92.4 Å².